The van der Waals surface area contributed by atoms with Crippen molar-refractivity contribution in [2.45, 2.75) is 19.4 Å². The lowest BCUT2D eigenvalue weighted by atomic mass is 10.1. The number of hydrogen-bond acceptors (Lipinski definition) is 3. The van der Waals surface area contributed by atoms with Crippen molar-refractivity contribution in [3.8, 4) is 0 Å². The van der Waals surface area contributed by atoms with E-state index < -0.39 is 0 Å². The van der Waals surface area contributed by atoms with Gasteiger partial charge in [-0.2, -0.15) is 5.10 Å². The maximum absolute atomic E-state index is 12.0. The van der Waals surface area contributed by atoms with Crippen LogP contribution in [0.3, 0.4) is 0 Å². The maximum Gasteiger partial charge on any atom is 0.267 e. The highest BCUT2D eigenvalue weighted by Crippen LogP contribution is 2.21. The topological polar surface area (TPSA) is 61.8 Å². The van der Waals surface area contributed by atoms with Crippen molar-refractivity contribution in [1.29, 1.82) is 0 Å². The first-order valence-corrected chi connectivity index (χ1v) is 7.20. The van der Waals surface area contributed by atoms with Gasteiger partial charge in [0.2, 0.25) is 5.91 Å². The summed E-state index contributed by atoms with van der Waals surface area (Å²) in [5.74, 6) is -0.360. The molecule has 2 rings (SSSR count). The number of carbonyl (C=O) groups is 2. The highest BCUT2D eigenvalue weighted by Gasteiger charge is 2.21. The lowest BCUT2D eigenvalue weighted by molar-refractivity contribution is -0.130. The maximum atomic E-state index is 12.0. The Morgan fingerprint density at radius 1 is 1.50 bits per heavy atom. The van der Waals surface area contributed by atoms with Crippen molar-refractivity contribution in [2.24, 2.45) is 5.10 Å². The van der Waals surface area contributed by atoms with Crippen LogP contribution in [0.25, 0.3) is 0 Å². The summed E-state index contributed by atoms with van der Waals surface area (Å²) in [6, 6.07) is 5.47. The zero-order valence-electron chi connectivity index (χ0n) is 10.8. The highest BCUT2D eigenvalue weighted by molar-refractivity contribution is 9.10. The lowest BCUT2D eigenvalue weighted by Crippen LogP contribution is -2.37. The Morgan fingerprint density at radius 2 is 2.25 bits per heavy atom. The molecule has 1 N–H and O–H groups in total. The van der Waals surface area contributed by atoms with E-state index in [-0.39, 0.29) is 11.8 Å². The van der Waals surface area contributed by atoms with E-state index in [0.29, 0.717) is 30.1 Å². The van der Waals surface area contributed by atoms with Gasteiger partial charge in [0.15, 0.2) is 0 Å². The molecule has 0 saturated carbocycles. The molecule has 0 aliphatic carbocycles. The second-order valence-corrected chi connectivity index (χ2v) is 5.71. The molecule has 1 aromatic rings. The van der Waals surface area contributed by atoms with Crippen LogP contribution in [0.4, 0.5) is 0 Å². The molecule has 1 heterocycles. The molecule has 0 saturated heterocycles. The SMILES string of the molecule is CN1N=C(C(=O)NCc2ccc(Br)cc2Cl)CCC1=O. The van der Waals surface area contributed by atoms with E-state index in [9.17, 15) is 9.59 Å². The van der Waals surface area contributed by atoms with Crippen molar-refractivity contribution in [1.82, 2.24) is 10.3 Å². The minimum absolute atomic E-state index is 0.0856. The molecule has 106 valence electrons. The zero-order valence-corrected chi connectivity index (χ0v) is 13.2. The number of hydrogen-bond donors (Lipinski definition) is 1. The smallest absolute Gasteiger partial charge is 0.267 e. The number of nitrogens with zero attached hydrogens (tertiary/aromatic N) is 2. The van der Waals surface area contributed by atoms with Crippen LogP contribution in [0.1, 0.15) is 18.4 Å². The Kier molecular flexibility index (Phi) is 4.77. The summed E-state index contributed by atoms with van der Waals surface area (Å²) in [5.41, 5.74) is 1.18. The number of halogens is 2. The first-order chi connectivity index (χ1) is 9.47. The lowest BCUT2D eigenvalue weighted by Gasteiger charge is -2.19. The average molecular weight is 359 g/mol. The van der Waals surface area contributed by atoms with Crippen molar-refractivity contribution in [3.05, 3.63) is 33.3 Å². The van der Waals surface area contributed by atoms with Crippen molar-refractivity contribution in [3.63, 3.8) is 0 Å². The molecule has 0 spiro atoms. The Bertz CT molecular complexity index is 589. The molecular weight excluding hydrogens is 346 g/mol. The van der Waals surface area contributed by atoms with E-state index in [2.05, 4.69) is 26.3 Å². The van der Waals surface area contributed by atoms with E-state index in [1.54, 1.807) is 13.1 Å². The predicted molar refractivity (Wildman–Crippen MR) is 80.4 cm³/mol. The van der Waals surface area contributed by atoms with Gasteiger partial charge in [-0.3, -0.25) is 9.59 Å². The van der Waals surface area contributed by atoms with Crippen LogP contribution < -0.4 is 5.32 Å². The number of rotatable bonds is 3. The molecule has 5 nitrogen and oxygen atoms in total. The Hall–Kier alpha value is -1.40. The van der Waals surface area contributed by atoms with Crippen LogP contribution in [0.15, 0.2) is 27.8 Å². The van der Waals surface area contributed by atoms with Gasteiger partial charge in [0.25, 0.3) is 5.91 Å². The third kappa shape index (κ3) is 3.58. The van der Waals surface area contributed by atoms with E-state index in [0.717, 1.165) is 10.0 Å². The predicted octanol–water partition coefficient (Wildman–Crippen LogP) is 2.33. The van der Waals surface area contributed by atoms with Crippen LogP contribution in [0.2, 0.25) is 5.02 Å². The average Bonchev–Trinajstić information content (AvgIpc) is 2.40. The summed E-state index contributed by atoms with van der Waals surface area (Å²) in [6.07, 6.45) is 0.671. The first kappa shape index (κ1) is 15.0. The fraction of sp³-hybridized carbons (Fsp3) is 0.308. The van der Waals surface area contributed by atoms with Gasteiger partial charge in [-0.25, -0.2) is 5.01 Å². The monoisotopic (exact) mass is 357 g/mol. The second kappa shape index (κ2) is 6.37. The van der Waals surface area contributed by atoms with Crippen LogP contribution >= 0.6 is 27.5 Å². The minimum atomic E-state index is -0.275. The fourth-order valence-corrected chi connectivity index (χ4v) is 2.52. The first-order valence-electron chi connectivity index (χ1n) is 6.03. The Morgan fingerprint density at radius 3 is 2.90 bits per heavy atom. The minimum Gasteiger partial charge on any atom is -0.347 e. The molecule has 2 amide bonds. The summed E-state index contributed by atoms with van der Waals surface area (Å²) in [7, 11) is 1.54. The molecule has 0 unspecified atom stereocenters. The van der Waals surface area contributed by atoms with Crippen molar-refractivity contribution >= 4 is 45.1 Å². The number of carbonyl (C=O) groups excluding carboxylic acids is 2. The molecule has 0 fully saturated rings. The van der Waals surface area contributed by atoms with E-state index in [4.69, 9.17) is 11.6 Å². The fourth-order valence-electron chi connectivity index (χ4n) is 1.78. The molecule has 1 aliphatic heterocycles. The quantitative estimate of drug-likeness (QED) is 0.901. The van der Waals surface area contributed by atoms with Crippen molar-refractivity contribution in [2.75, 3.05) is 7.05 Å². The summed E-state index contributed by atoms with van der Waals surface area (Å²) in [5, 5.41) is 8.50. The molecule has 0 atom stereocenters. The van der Waals surface area contributed by atoms with E-state index in [1.807, 2.05) is 12.1 Å². The zero-order chi connectivity index (χ0) is 14.7. The largest absolute Gasteiger partial charge is 0.347 e. The van der Waals surface area contributed by atoms with Gasteiger partial charge >= 0.3 is 0 Å². The molecule has 0 aromatic heterocycles. The number of nitrogens with one attached hydrogen (secondary N) is 1. The van der Waals surface area contributed by atoms with Gasteiger partial charge in [-0.15, -0.1) is 0 Å². The summed E-state index contributed by atoms with van der Waals surface area (Å²) in [6.45, 7) is 0.321. The molecular formula is C13H13BrClN3O2. The number of hydrazone groups is 1. The van der Waals surface area contributed by atoms with Gasteiger partial charge in [0.05, 0.1) is 0 Å². The third-order valence-electron chi connectivity index (χ3n) is 2.92. The van der Waals surface area contributed by atoms with Crippen LogP contribution in [0.5, 0.6) is 0 Å². The molecule has 0 radical (unpaired) electrons. The standard InChI is InChI=1S/C13H13BrClN3O2/c1-18-12(19)5-4-11(17-18)13(20)16-7-8-2-3-9(14)6-10(8)15/h2-3,6H,4-5,7H2,1H3,(H,16,20). The van der Waals surface area contributed by atoms with Crippen molar-refractivity contribution < 1.29 is 9.59 Å². The Labute approximate surface area is 130 Å². The molecule has 20 heavy (non-hydrogen) atoms. The molecule has 0 bridgehead atoms. The van der Waals surface area contributed by atoms with Gasteiger partial charge in [0, 0.05) is 35.9 Å². The van der Waals surface area contributed by atoms with Gasteiger partial charge in [-0.1, -0.05) is 33.6 Å². The normalized spacial score (nSPS) is 15.1. The molecule has 1 aliphatic rings. The van der Waals surface area contributed by atoms with Gasteiger partial charge in [0.1, 0.15) is 5.71 Å². The highest BCUT2D eigenvalue weighted by atomic mass is 79.9. The third-order valence-corrected chi connectivity index (χ3v) is 3.77. The second-order valence-electron chi connectivity index (χ2n) is 4.38. The van der Waals surface area contributed by atoms with E-state index >= 15 is 0 Å². The summed E-state index contributed by atoms with van der Waals surface area (Å²) >= 11 is 9.40. The van der Waals surface area contributed by atoms with Crippen LogP contribution in [-0.4, -0.2) is 29.6 Å². The number of benzene rings is 1. The number of amides is 2. The van der Waals surface area contributed by atoms with Gasteiger partial charge in [-0.05, 0) is 17.7 Å². The van der Waals surface area contributed by atoms with Crippen LogP contribution in [-0.2, 0) is 16.1 Å². The molecule has 7 heteroatoms. The van der Waals surface area contributed by atoms with E-state index in [1.165, 1.54) is 5.01 Å². The Balaban J connectivity index is 1.99. The van der Waals surface area contributed by atoms with Crippen LogP contribution in [0, 0.1) is 0 Å². The van der Waals surface area contributed by atoms with Gasteiger partial charge < -0.3 is 5.32 Å². The molecule has 1 aromatic carbocycles. The summed E-state index contributed by atoms with van der Waals surface area (Å²) in [4.78, 5) is 23.3. The summed E-state index contributed by atoms with van der Waals surface area (Å²) < 4.78 is 0.884.